The Kier molecular flexibility index (Phi) is 6.34. The van der Waals surface area contributed by atoms with Gasteiger partial charge in [-0.2, -0.15) is 0 Å². The molecular formula is C9H22N2O. The van der Waals surface area contributed by atoms with E-state index in [-0.39, 0.29) is 12.1 Å². The van der Waals surface area contributed by atoms with Crippen LogP contribution in [-0.4, -0.2) is 30.3 Å². The predicted octanol–water partition coefficient (Wildman–Crippen LogP) is 0.476. The molecule has 0 fully saturated rings. The number of aliphatic hydroxyl groups excluding tert-OH is 1. The Hall–Kier alpha value is -0.120. The van der Waals surface area contributed by atoms with Crippen LogP contribution in [0.25, 0.3) is 0 Å². The molecule has 0 radical (unpaired) electrons. The quantitative estimate of drug-likeness (QED) is 0.492. The Morgan fingerprint density at radius 3 is 2.58 bits per heavy atom. The predicted molar refractivity (Wildman–Crippen MR) is 52.1 cm³/mol. The number of nitrogens with two attached hydrogens (primary N) is 1. The van der Waals surface area contributed by atoms with Gasteiger partial charge < -0.3 is 16.2 Å². The zero-order valence-electron chi connectivity index (χ0n) is 8.27. The maximum atomic E-state index is 8.82. The van der Waals surface area contributed by atoms with Gasteiger partial charge in [0.2, 0.25) is 0 Å². The van der Waals surface area contributed by atoms with Crippen molar-refractivity contribution in [1.82, 2.24) is 5.32 Å². The molecule has 0 saturated carbocycles. The van der Waals surface area contributed by atoms with Crippen molar-refractivity contribution >= 4 is 0 Å². The number of nitrogens with one attached hydrogen (secondary N) is 1. The Morgan fingerprint density at radius 2 is 2.17 bits per heavy atom. The van der Waals surface area contributed by atoms with Crippen molar-refractivity contribution in [2.75, 3.05) is 19.7 Å². The summed E-state index contributed by atoms with van der Waals surface area (Å²) in [5.74, 6) is 0. The van der Waals surface area contributed by atoms with Gasteiger partial charge in [0.1, 0.15) is 0 Å². The van der Waals surface area contributed by atoms with Crippen molar-refractivity contribution < 1.29 is 5.11 Å². The first-order chi connectivity index (χ1) is 5.68. The van der Waals surface area contributed by atoms with Crippen LogP contribution in [0.4, 0.5) is 0 Å². The van der Waals surface area contributed by atoms with Crippen molar-refractivity contribution in [2.24, 2.45) is 5.73 Å². The van der Waals surface area contributed by atoms with E-state index < -0.39 is 0 Å². The van der Waals surface area contributed by atoms with Crippen LogP contribution in [0, 0.1) is 0 Å². The topological polar surface area (TPSA) is 58.3 Å². The zero-order chi connectivity index (χ0) is 9.45. The highest BCUT2D eigenvalue weighted by molar-refractivity contribution is 4.80. The molecule has 4 N–H and O–H groups in total. The van der Waals surface area contributed by atoms with Gasteiger partial charge >= 0.3 is 0 Å². The van der Waals surface area contributed by atoms with Gasteiger partial charge in [-0.1, -0.05) is 6.92 Å². The fraction of sp³-hybridized carbons (Fsp3) is 1.00. The largest absolute Gasteiger partial charge is 0.396 e. The minimum absolute atomic E-state index is 0.0872. The first-order valence-corrected chi connectivity index (χ1v) is 4.74. The fourth-order valence-corrected chi connectivity index (χ4v) is 1.13. The van der Waals surface area contributed by atoms with E-state index in [4.69, 9.17) is 10.8 Å². The molecule has 0 spiro atoms. The van der Waals surface area contributed by atoms with Gasteiger partial charge in [-0.05, 0) is 39.3 Å². The van der Waals surface area contributed by atoms with Gasteiger partial charge in [0, 0.05) is 12.1 Å². The molecule has 74 valence electrons. The molecule has 3 nitrogen and oxygen atoms in total. The maximum absolute atomic E-state index is 8.82. The van der Waals surface area contributed by atoms with E-state index >= 15 is 0 Å². The summed E-state index contributed by atoms with van der Waals surface area (Å²) in [6, 6.07) is 0. The summed E-state index contributed by atoms with van der Waals surface area (Å²) >= 11 is 0. The third-order valence-electron chi connectivity index (χ3n) is 2.38. The first kappa shape index (κ1) is 11.9. The van der Waals surface area contributed by atoms with Crippen molar-refractivity contribution in [3.8, 4) is 0 Å². The molecular weight excluding hydrogens is 152 g/mol. The molecule has 0 aromatic carbocycles. The van der Waals surface area contributed by atoms with Crippen LogP contribution in [0.5, 0.6) is 0 Å². The van der Waals surface area contributed by atoms with E-state index in [9.17, 15) is 0 Å². The second-order valence-corrected chi connectivity index (χ2v) is 3.46. The van der Waals surface area contributed by atoms with Gasteiger partial charge in [-0.3, -0.25) is 0 Å². The van der Waals surface area contributed by atoms with Gasteiger partial charge in [-0.25, -0.2) is 0 Å². The molecule has 12 heavy (non-hydrogen) atoms. The van der Waals surface area contributed by atoms with E-state index in [1.165, 1.54) is 0 Å². The highest BCUT2D eigenvalue weighted by atomic mass is 16.3. The zero-order valence-corrected chi connectivity index (χ0v) is 8.27. The summed E-state index contributed by atoms with van der Waals surface area (Å²) in [4.78, 5) is 0. The molecule has 0 rings (SSSR count). The molecule has 0 aromatic heterocycles. The van der Waals surface area contributed by atoms with Crippen molar-refractivity contribution in [2.45, 2.75) is 38.6 Å². The Bertz CT molecular complexity index is 109. The monoisotopic (exact) mass is 174 g/mol. The molecule has 1 atom stereocenters. The summed E-state index contributed by atoms with van der Waals surface area (Å²) in [7, 11) is 0. The molecule has 0 amide bonds. The van der Waals surface area contributed by atoms with E-state index in [2.05, 4.69) is 19.2 Å². The van der Waals surface area contributed by atoms with Crippen LogP contribution < -0.4 is 11.1 Å². The lowest BCUT2D eigenvalue weighted by Crippen LogP contribution is -2.43. The second-order valence-electron chi connectivity index (χ2n) is 3.46. The first-order valence-electron chi connectivity index (χ1n) is 4.74. The molecule has 0 heterocycles. The van der Waals surface area contributed by atoms with Crippen LogP contribution in [0.3, 0.4) is 0 Å². The minimum Gasteiger partial charge on any atom is -0.396 e. The molecule has 0 aromatic rings. The fourth-order valence-electron chi connectivity index (χ4n) is 1.13. The number of hydrogen-bond acceptors (Lipinski definition) is 3. The summed E-state index contributed by atoms with van der Waals surface area (Å²) in [5, 5.41) is 12.2. The normalized spacial score (nSPS) is 16.0. The average Bonchev–Trinajstić information content (AvgIpc) is 2.06. The molecule has 0 bridgehead atoms. The molecule has 0 aliphatic heterocycles. The lowest BCUT2D eigenvalue weighted by molar-refractivity contribution is 0.216. The van der Waals surface area contributed by atoms with Crippen LogP contribution in [0.2, 0.25) is 0 Å². The highest BCUT2D eigenvalue weighted by Gasteiger charge is 2.19. The van der Waals surface area contributed by atoms with Crippen molar-refractivity contribution in [3.63, 3.8) is 0 Å². The molecule has 1 unspecified atom stereocenters. The average molecular weight is 174 g/mol. The Labute approximate surface area is 75.3 Å². The smallest absolute Gasteiger partial charge is 0.0448 e. The summed E-state index contributed by atoms with van der Waals surface area (Å²) in [6.45, 7) is 6.19. The van der Waals surface area contributed by atoms with Gasteiger partial charge in [0.15, 0.2) is 0 Å². The highest BCUT2D eigenvalue weighted by Crippen LogP contribution is 2.13. The lowest BCUT2D eigenvalue weighted by Gasteiger charge is -2.29. The van der Waals surface area contributed by atoms with E-state index in [0.717, 1.165) is 32.4 Å². The number of rotatable bonds is 7. The molecule has 0 aliphatic carbocycles. The van der Waals surface area contributed by atoms with Crippen molar-refractivity contribution in [3.05, 3.63) is 0 Å². The number of aliphatic hydroxyl groups is 1. The van der Waals surface area contributed by atoms with Crippen LogP contribution in [-0.2, 0) is 0 Å². The van der Waals surface area contributed by atoms with E-state index in [1.807, 2.05) is 0 Å². The summed E-state index contributed by atoms with van der Waals surface area (Å²) < 4.78 is 0. The van der Waals surface area contributed by atoms with Crippen molar-refractivity contribution in [1.29, 1.82) is 0 Å². The summed E-state index contributed by atoms with van der Waals surface area (Å²) in [5.41, 5.74) is 5.47. The Balaban J connectivity index is 3.63. The lowest BCUT2D eigenvalue weighted by atomic mass is 9.95. The molecule has 3 heteroatoms. The van der Waals surface area contributed by atoms with Crippen LogP contribution >= 0.6 is 0 Å². The second kappa shape index (κ2) is 6.40. The molecule has 0 aliphatic rings. The minimum atomic E-state index is 0.0872. The SMILES string of the molecule is CCC(C)(CCO)NCCCN. The summed E-state index contributed by atoms with van der Waals surface area (Å²) in [6.07, 6.45) is 2.85. The van der Waals surface area contributed by atoms with Gasteiger partial charge in [0.25, 0.3) is 0 Å². The third kappa shape index (κ3) is 4.70. The Morgan fingerprint density at radius 1 is 1.50 bits per heavy atom. The van der Waals surface area contributed by atoms with Crippen LogP contribution in [0.15, 0.2) is 0 Å². The van der Waals surface area contributed by atoms with Gasteiger partial charge in [-0.15, -0.1) is 0 Å². The van der Waals surface area contributed by atoms with Crippen LogP contribution in [0.1, 0.15) is 33.1 Å². The number of hydrogen-bond donors (Lipinski definition) is 3. The van der Waals surface area contributed by atoms with E-state index in [1.54, 1.807) is 0 Å². The standard InChI is InChI=1S/C9H22N2O/c1-3-9(2,5-8-12)11-7-4-6-10/h11-12H,3-8,10H2,1-2H3. The molecule has 0 saturated heterocycles. The van der Waals surface area contributed by atoms with Gasteiger partial charge in [0.05, 0.1) is 0 Å². The third-order valence-corrected chi connectivity index (χ3v) is 2.38. The van der Waals surface area contributed by atoms with E-state index in [0.29, 0.717) is 0 Å². The maximum Gasteiger partial charge on any atom is 0.0448 e.